The number of carbonyl (C=O) groups is 1. The molecule has 4 rings (SSSR count). The quantitative estimate of drug-likeness (QED) is 0.569. The predicted octanol–water partition coefficient (Wildman–Crippen LogP) is 5.78. The Morgan fingerprint density at radius 1 is 1.03 bits per heavy atom. The standard InChI is InChI=1S/C27H39N3O/c1-20(2)27-16-28-30(19-27)18-23-12-14-29(15-13-23)17-22-4-6-25(7-5-22)26-10-8-24(9-11-26)21(3)31/h4-7,16,19-20,23-24,26H,8-15,17-18H2,1-3H3/t24-,26-. The number of rotatable bonds is 7. The van der Waals surface area contributed by atoms with E-state index in [-0.39, 0.29) is 0 Å². The Bertz CT molecular complexity index is 838. The third-order valence-corrected chi connectivity index (χ3v) is 7.63. The van der Waals surface area contributed by atoms with Crippen LogP contribution in [-0.4, -0.2) is 33.6 Å². The van der Waals surface area contributed by atoms with Gasteiger partial charge in [0.1, 0.15) is 5.78 Å². The number of aromatic nitrogens is 2. The van der Waals surface area contributed by atoms with E-state index >= 15 is 0 Å². The van der Waals surface area contributed by atoms with Crippen LogP contribution in [0.1, 0.15) is 87.8 Å². The lowest BCUT2D eigenvalue weighted by atomic mass is 9.77. The number of hydrogen-bond acceptors (Lipinski definition) is 3. The summed E-state index contributed by atoms with van der Waals surface area (Å²) in [5, 5.41) is 4.56. The molecular formula is C27H39N3O. The lowest BCUT2D eigenvalue weighted by Gasteiger charge is -2.32. The summed E-state index contributed by atoms with van der Waals surface area (Å²) in [5.74, 6) is 2.62. The van der Waals surface area contributed by atoms with Gasteiger partial charge < -0.3 is 0 Å². The van der Waals surface area contributed by atoms with Gasteiger partial charge >= 0.3 is 0 Å². The fraction of sp³-hybridized carbons (Fsp3) is 0.630. The zero-order valence-corrected chi connectivity index (χ0v) is 19.6. The number of carbonyl (C=O) groups excluding carboxylic acids is 1. The number of piperidine rings is 1. The maximum atomic E-state index is 11.6. The fourth-order valence-electron chi connectivity index (χ4n) is 5.36. The topological polar surface area (TPSA) is 38.1 Å². The molecule has 2 aliphatic rings. The molecule has 2 aromatic rings. The van der Waals surface area contributed by atoms with Gasteiger partial charge in [-0.15, -0.1) is 0 Å². The number of hydrogen-bond donors (Lipinski definition) is 0. The molecule has 0 bridgehead atoms. The van der Waals surface area contributed by atoms with Crippen molar-refractivity contribution in [3.63, 3.8) is 0 Å². The van der Waals surface area contributed by atoms with Gasteiger partial charge in [-0.25, -0.2) is 0 Å². The summed E-state index contributed by atoms with van der Waals surface area (Å²) in [6, 6.07) is 9.33. The van der Waals surface area contributed by atoms with E-state index in [9.17, 15) is 4.79 Å². The van der Waals surface area contributed by atoms with Gasteiger partial charge in [-0.1, -0.05) is 38.1 Å². The Morgan fingerprint density at radius 2 is 1.71 bits per heavy atom. The van der Waals surface area contributed by atoms with Crippen LogP contribution in [0.3, 0.4) is 0 Å². The molecular weight excluding hydrogens is 382 g/mol. The normalized spacial score (nSPS) is 23.4. The van der Waals surface area contributed by atoms with Gasteiger partial charge in [0.15, 0.2) is 0 Å². The van der Waals surface area contributed by atoms with Crippen LogP contribution in [0.15, 0.2) is 36.7 Å². The fourth-order valence-corrected chi connectivity index (χ4v) is 5.36. The van der Waals surface area contributed by atoms with Crippen LogP contribution in [-0.2, 0) is 17.9 Å². The Balaban J connectivity index is 1.22. The molecule has 1 aromatic carbocycles. The minimum absolute atomic E-state index is 0.309. The first kappa shape index (κ1) is 22.3. The average molecular weight is 422 g/mol. The summed E-state index contributed by atoms with van der Waals surface area (Å²) in [4.78, 5) is 14.2. The Labute approximate surface area is 188 Å². The van der Waals surface area contributed by atoms with Gasteiger partial charge in [-0.3, -0.25) is 14.4 Å². The highest BCUT2D eigenvalue weighted by atomic mass is 16.1. The molecule has 31 heavy (non-hydrogen) atoms. The van der Waals surface area contributed by atoms with E-state index in [2.05, 4.69) is 59.0 Å². The molecule has 168 valence electrons. The smallest absolute Gasteiger partial charge is 0.132 e. The number of benzene rings is 1. The minimum atomic E-state index is 0.309. The summed E-state index contributed by atoms with van der Waals surface area (Å²) in [6.45, 7) is 10.7. The van der Waals surface area contributed by atoms with Crippen LogP contribution >= 0.6 is 0 Å². The average Bonchev–Trinajstić information content (AvgIpc) is 3.25. The molecule has 1 saturated heterocycles. The van der Waals surface area contributed by atoms with Crippen molar-refractivity contribution in [1.29, 1.82) is 0 Å². The molecule has 1 aliphatic carbocycles. The molecule has 0 spiro atoms. The molecule has 0 unspecified atom stereocenters. The molecule has 2 heterocycles. The van der Waals surface area contributed by atoms with E-state index in [1.54, 1.807) is 6.92 Å². The first-order valence-corrected chi connectivity index (χ1v) is 12.3. The largest absolute Gasteiger partial charge is 0.300 e. The second-order valence-electron chi connectivity index (χ2n) is 10.3. The molecule has 0 N–H and O–H groups in total. The van der Waals surface area contributed by atoms with E-state index in [4.69, 9.17) is 0 Å². The van der Waals surface area contributed by atoms with Crippen molar-refractivity contribution in [2.75, 3.05) is 13.1 Å². The Morgan fingerprint density at radius 3 is 2.29 bits per heavy atom. The Hall–Kier alpha value is -1.94. The van der Waals surface area contributed by atoms with Crippen molar-refractivity contribution in [1.82, 2.24) is 14.7 Å². The van der Waals surface area contributed by atoms with Crippen molar-refractivity contribution in [3.05, 3.63) is 53.3 Å². The zero-order valence-electron chi connectivity index (χ0n) is 19.6. The summed E-state index contributed by atoms with van der Waals surface area (Å²) in [7, 11) is 0. The second kappa shape index (κ2) is 10.1. The molecule has 0 radical (unpaired) electrons. The van der Waals surface area contributed by atoms with E-state index in [0.717, 1.165) is 44.7 Å². The monoisotopic (exact) mass is 421 g/mol. The van der Waals surface area contributed by atoms with Gasteiger partial charge in [0.2, 0.25) is 0 Å². The van der Waals surface area contributed by atoms with Crippen molar-refractivity contribution >= 4 is 5.78 Å². The van der Waals surface area contributed by atoms with Gasteiger partial charge in [-0.2, -0.15) is 5.10 Å². The highest BCUT2D eigenvalue weighted by molar-refractivity contribution is 5.78. The number of nitrogens with zero attached hydrogens (tertiary/aromatic N) is 3. The van der Waals surface area contributed by atoms with Gasteiger partial charge in [-0.05, 0) is 93.0 Å². The highest BCUT2D eigenvalue weighted by Gasteiger charge is 2.25. The molecule has 2 fully saturated rings. The Kier molecular flexibility index (Phi) is 7.27. The summed E-state index contributed by atoms with van der Waals surface area (Å²) in [6.07, 6.45) is 11.2. The van der Waals surface area contributed by atoms with E-state index in [0.29, 0.717) is 23.5 Å². The molecule has 1 aromatic heterocycles. The van der Waals surface area contributed by atoms with Crippen molar-refractivity contribution < 1.29 is 4.79 Å². The third kappa shape index (κ3) is 5.85. The SMILES string of the molecule is CC(=O)[C@H]1CC[C@H](c2ccc(CN3CCC(Cn4cc(C(C)C)cn4)CC3)cc2)CC1. The summed E-state index contributed by atoms with van der Waals surface area (Å²) < 4.78 is 2.15. The molecule has 1 saturated carbocycles. The summed E-state index contributed by atoms with van der Waals surface area (Å²) in [5.41, 5.74) is 4.23. The van der Waals surface area contributed by atoms with Crippen molar-refractivity contribution in [2.24, 2.45) is 11.8 Å². The molecule has 4 nitrogen and oxygen atoms in total. The predicted molar refractivity (Wildman–Crippen MR) is 126 cm³/mol. The maximum absolute atomic E-state index is 11.6. The van der Waals surface area contributed by atoms with Crippen LogP contribution in [0.5, 0.6) is 0 Å². The summed E-state index contributed by atoms with van der Waals surface area (Å²) >= 11 is 0. The van der Waals surface area contributed by atoms with Crippen LogP contribution in [0.4, 0.5) is 0 Å². The number of Topliss-reactive ketones (excluding diaryl/α,β-unsaturated/α-hetero) is 1. The molecule has 0 atom stereocenters. The van der Waals surface area contributed by atoms with Crippen molar-refractivity contribution in [2.45, 2.75) is 84.2 Å². The first-order chi connectivity index (χ1) is 15.0. The van der Waals surface area contributed by atoms with Crippen LogP contribution in [0.2, 0.25) is 0 Å². The molecule has 1 aliphatic heterocycles. The number of ketones is 1. The van der Waals surface area contributed by atoms with Crippen molar-refractivity contribution in [3.8, 4) is 0 Å². The lowest BCUT2D eigenvalue weighted by Crippen LogP contribution is -2.34. The van der Waals surface area contributed by atoms with E-state index < -0.39 is 0 Å². The van der Waals surface area contributed by atoms with Gasteiger partial charge in [0.25, 0.3) is 0 Å². The van der Waals surface area contributed by atoms with Crippen LogP contribution < -0.4 is 0 Å². The van der Waals surface area contributed by atoms with Gasteiger partial charge in [0, 0.05) is 25.2 Å². The second-order valence-corrected chi connectivity index (χ2v) is 10.3. The zero-order chi connectivity index (χ0) is 21.8. The highest BCUT2D eigenvalue weighted by Crippen LogP contribution is 2.36. The maximum Gasteiger partial charge on any atom is 0.132 e. The third-order valence-electron chi connectivity index (χ3n) is 7.63. The molecule has 0 amide bonds. The van der Waals surface area contributed by atoms with Crippen LogP contribution in [0.25, 0.3) is 0 Å². The minimum Gasteiger partial charge on any atom is -0.300 e. The van der Waals surface area contributed by atoms with E-state index in [1.807, 2.05) is 6.20 Å². The van der Waals surface area contributed by atoms with Crippen LogP contribution in [0, 0.1) is 11.8 Å². The number of likely N-dealkylation sites (tertiary alicyclic amines) is 1. The first-order valence-electron chi connectivity index (χ1n) is 12.3. The molecule has 4 heteroatoms. The van der Waals surface area contributed by atoms with Gasteiger partial charge in [0.05, 0.1) is 6.20 Å². The van der Waals surface area contributed by atoms with E-state index in [1.165, 1.54) is 42.6 Å². The lowest BCUT2D eigenvalue weighted by molar-refractivity contribution is -0.121.